The molecule has 0 spiro atoms. The van der Waals surface area contributed by atoms with E-state index in [-0.39, 0.29) is 0 Å². The zero-order valence-corrected chi connectivity index (χ0v) is 18.8. The van der Waals surface area contributed by atoms with Crippen LogP contribution in [0.1, 0.15) is 129 Å². The minimum absolute atomic E-state index is 1.19. The number of nitrogens with zero attached hydrogens (tertiary/aromatic N) is 2. The van der Waals surface area contributed by atoms with Gasteiger partial charge in [-0.25, -0.2) is 9.13 Å². The van der Waals surface area contributed by atoms with Crippen LogP contribution in [0.4, 0.5) is 0 Å². The molecule has 27 heavy (non-hydrogen) atoms. The number of hydrogen-bond donors (Lipinski definition) is 0. The molecular weight excluding hydrogens is 328 g/mol. The predicted octanol–water partition coefficient (Wildman–Crippen LogP) is 7.84. The summed E-state index contributed by atoms with van der Waals surface area (Å²) in [5, 5.41) is 0. The van der Waals surface area contributed by atoms with E-state index < -0.39 is 0 Å². The van der Waals surface area contributed by atoms with Crippen LogP contribution < -0.4 is 4.57 Å². The monoisotopic (exact) mass is 377 g/mol. The van der Waals surface area contributed by atoms with Gasteiger partial charge in [-0.3, -0.25) is 0 Å². The summed E-state index contributed by atoms with van der Waals surface area (Å²) in [5.41, 5.74) is 0. The topological polar surface area (TPSA) is 8.81 Å². The molecule has 0 aromatic carbocycles. The number of imidazole rings is 1. The van der Waals surface area contributed by atoms with Crippen molar-refractivity contribution in [1.82, 2.24) is 4.57 Å². The molecule has 0 saturated heterocycles. The zero-order chi connectivity index (χ0) is 19.4. The molecule has 1 aromatic heterocycles. The van der Waals surface area contributed by atoms with Gasteiger partial charge in [0.25, 0.3) is 0 Å². The Kier molecular flexibility index (Phi) is 16.7. The van der Waals surface area contributed by atoms with Crippen LogP contribution in [0.2, 0.25) is 0 Å². The maximum absolute atomic E-state index is 2.38. The smallest absolute Gasteiger partial charge is 0.237 e. The van der Waals surface area contributed by atoms with Crippen molar-refractivity contribution in [3.8, 4) is 0 Å². The average Bonchev–Trinajstić information content (AvgIpc) is 3.13. The normalized spacial score (nSPS) is 11.3. The first kappa shape index (κ1) is 24.2. The fraction of sp³-hybridized carbons (Fsp3) is 0.880. The number of rotatable bonds is 20. The molecule has 1 heterocycles. The molecule has 0 aliphatic heterocycles. The van der Waals surface area contributed by atoms with Crippen LogP contribution in [-0.4, -0.2) is 4.57 Å². The highest BCUT2D eigenvalue weighted by molar-refractivity contribution is 4.66. The highest BCUT2D eigenvalue weighted by Crippen LogP contribution is 2.12. The van der Waals surface area contributed by atoms with Crippen LogP contribution in [0.15, 0.2) is 18.7 Å². The van der Waals surface area contributed by atoms with Crippen LogP contribution in [0, 0.1) is 0 Å². The molecule has 0 fully saturated rings. The first-order valence-corrected chi connectivity index (χ1v) is 12.4. The Morgan fingerprint density at radius 1 is 0.556 bits per heavy atom. The van der Waals surface area contributed by atoms with Gasteiger partial charge in [0.1, 0.15) is 12.4 Å². The highest BCUT2D eigenvalue weighted by atomic mass is 15.1. The summed E-state index contributed by atoms with van der Waals surface area (Å²) in [4.78, 5) is 0. The van der Waals surface area contributed by atoms with Crippen molar-refractivity contribution >= 4 is 0 Å². The molecule has 0 aliphatic rings. The highest BCUT2D eigenvalue weighted by Gasteiger charge is 2.03. The molecule has 2 heteroatoms. The van der Waals surface area contributed by atoms with Crippen LogP contribution in [0.3, 0.4) is 0 Å². The van der Waals surface area contributed by atoms with Gasteiger partial charge in [0.05, 0.1) is 13.1 Å². The fourth-order valence-electron chi connectivity index (χ4n) is 3.91. The van der Waals surface area contributed by atoms with Crippen molar-refractivity contribution in [3.63, 3.8) is 0 Å². The third kappa shape index (κ3) is 14.9. The van der Waals surface area contributed by atoms with E-state index in [1.54, 1.807) is 0 Å². The van der Waals surface area contributed by atoms with Gasteiger partial charge in [0.2, 0.25) is 6.33 Å². The van der Waals surface area contributed by atoms with Crippen molar-refractivity contribution in [3.05, 3.63) is 18.7 Å². The molecule has 0 aliphatic carbocycles. The lowest BCUT2D eigenvalue weighted by molar-refractivity contribution is -0.696. The van der Waals surface area contributed by atoms with Crippen molar-refractivity contribution in [2.75, 3.05) is 0 Å². The van der Waals surface area contributed by atoms with Crippen molar-refractivity contribution in [1.29, 1.82) is 0 Å². The molecular formula is C25H49N2+. The Labute approximate surface area is 170 Å². The van der Waals surface area contributed by atoms with Crippen LogP contribution in [-0.2, 0) is 13.1 Å². The van der Waals surface area contributed by atoms with E-state index in [2.05, 4.69) is 41.7 Å². The summed E-state index contributed by atoms with van der Waals surface area (Å²) in [5.74, 6) is 0. The van der Waals surface area contributed by atoms with Gasteiger partial charge < -0.3 is 0 Å². The average molecular weight is 378 g/mol. The lowest BCUT2D eigenvalue weighted by Crippen LogP contribution is -2.30. The molecule has 1 aromatic rings. The number of unbranched alkanes of at least 4 members (excludes halogenated alkanes) is 16. The molecule has 0 unspecified atom stereocenters. The molecule has 2 nitrogen and oxygen atoms in total. The summed E-state index contributed by atoms with van der Waals surface area (Å²) in [6.45, 7) is 6.97. The standard InChI is InChI=1S/C25H49N2/c1-3-5-7-9-11-12-13-14-15-16-18-20-22-27-24-23-26(25-27)21-19-17-10-8-6-4-2/h23-25H,3-22H2,1-2H3/q+1. The van der Waals surface area contributed by atoms with Crippen molar-refractivity contribution < 1.29 is 4.57 Å². The van der Waals surface area contributed by atoms with Crippen LogP contribution >= 0.6 is 0 Å². The van der Waals surface area contributed by atoms with Crippen molar-refractivity contribution in [2.45, 2.75) is 143 Å². The number of aromatic nitrogens is 2. The molecule has 1 rings (SSSR count). The molecule has 0 saturated carbocycles. The van der Waals surface area contributed by atoms with Gasteiger partial charge in [-0.1, -0.05) is 104 Å². The van der Waals surface area contributed by atoms with E-state index in [0.29, 0.717) is 0 Å². The van der Waals surface area contributed by atoms with Crippen LogP contribution in [0.25, 0.3) is 0 Å². The quantitative estimate of drug-likeness (QED) is 0.162. The molecule has 0 radical (unpaired) electrons. The fourth-order valence-corrected chi connectivity index (χ4v) is 3.91. The number of hydrogen-bond acceptors (Lipinski definition) is 0. The minimum Gasteiger partial charge on any atom is -0.237 e. The summed E-state index contributed by atoms with van der Waals surface area (Å²) in [6, 6.07) is 0. The number of aryl methyl sites for hydroxylation is 2. The summed E-state index contributed by atoms with van der Waals surface area (Å²) >= 11 is 0. The second kappa shape index (κ2) is 18.6. The molecule has 0 amide bonds. The predicted molar refractivity (Wildman–Crippen MR) is 119 cm³/mol. The van der Waals surface area contributed by atoms with Gasteiger partial charge in [-0.2, -0.15) is 0 Å². The second-order valence-corrected chi connectivity index (χ2v) is 8.55. The van der Waals surface area contributed by atoms with Crippen molar-refractivity contribution in [2.24, 2.45) is 0 Å². The van der Waals surface area contributed by atoms with E-state index in [1.165, 1.54) is 129 Å². The Hall–Kier alpha value is -0.790. The van der Waals surface area contributed by atoms with E-state index in [4.69, 9.17) is 0 Å². The SMILES string of the molecule is CCCCCCCCCCCCCCn1cc[n+](CCCCCCCC)c1. The third-order valence-electron chi connectivity index (χ3n) is 5.79. The van der Waals surface area contributed by atoms with Gasteiger partial charge in [-0.15, -0.1) is 0 Å². The zero-order valence-electron chi connectivity index (χ0n) is 18.8. The summed E-state index contributed by atoms with van der Waals surface area (Å²) in [7, 11) is 0. The maximum atomic E-state index is 2.38. The Morgan fingerprint density at radius 3 is 1.52 bits per heavy atom. The molecule has 158 valence electrons. The maximum Gasteiger partial charge on any atom is 0.243 e. The molecule has 0 N–H and O–H groups in total. The molecule has 0 bridgehead atoms. The Morgan fingerprint density at radius 2 is 1.00 bits per heavy atom. The van der Waals surface area contributed by atoms with E-state index in [9.17, 15) is 0 Å². The second-order valence-electron chi connectivity index (χ2n) is 8.55. The lowest BCUT2D eigenvalue weighted by atomic mass is 10.1. The summed E-state index contributed by atoms with van der Waals surface area (Å²) < 4.78 is 4.76. The van der Waals surface area contributed by atoms with Gasteiger partial charge in [0, 0.05) is 0 Å². The Bertz CT molecular complexity index is 410. The minimum atomic E-state index is 1.19. The first-order valence-electron chi connectivity index (χ1n) is 12.4. The largest absolute Gasteiger partial charge is 0.243 e. The van der Waals surface area contributed by atoms with Gasteiger partial charge in [0.15, 0.2) is 0 Å². The van der Waals surface area contributed by atoms with E-state index in [0.717, 1.165) is 0 Å². The first-order chi connectivity index (χ1) is 13.4. The van der Waals surface area contributed by atoms with E-state index in [1.807, 2.05) is 0 Å². The Balaban J connectivity index is 1.87. The van der Waals surface area contributed by atoms with Gasteiger partial charge >= 0.3 is 0 Å². The molecule has 0 atom stereocenters. The summed E-state index contributed by atoms with van der Waals surface area (Å²) in [6.07, 6.45) is 32.3. The van der Waals surface area contributed by atoms with Crippen LogP contribution in [0.5, 0.6) is 0 Å². The van der Waals surface area contributed by atoms with Gasteiger partial charge in [-0.05, 0) is 25.7 Å². The lowest BCUT2D eigenvalue weighted by Gasteiger charge is -2.02. The third-order valence-corrected chi connectivity index (χ3v) is 5.79. The van der Waals surface area contributed by atoms with E-state index >= 15 is 0 Å².